The van der Waals surface area contributed by atoms with Crippen LogP contribution in [0.2, 0.25) is 0 Å². The van der Waals surface area contributed by atoms with Gasteiger partial charge in [0.2, 0.25) is 5.91 Å². The van der Waals surface area contributed by atoms with Crippen LogP contribution in [0.1, 0.15) is 31.0 Å². The highest BCUT2D eigenvalue weighted by atomic mass is 16.1. The fourth-order valence-electron chi connectivity index (χ4n) is 2.47. The Bertz CT molecular complexity index is 715. The second kappa shape index (κ2) is 10.9. The maximum absolute atomic E-state index is 11.7. The molecule has 0 radical (unpaired) electrons. The van der Waals surface area contributed by atoms with E-state index < -0.39 is 0 Å². The predicted molar refractivity (Wildman–Crippen MR) is 106 cm³/mol. The van der Waals surface area contributed by atoms with Crippen LogP contribution in [0.4, 0.5) is 5.69 Å². The number of carbonyl (C=O) groups excluding carboxylic acids is 1. The molecule has 0 aliphatic rings. The van der Waals surface area contributed by atoms with Crippen molar-refractivity contribution in [2.75, 3.05) is 18.9 Å². The summed E-state index contributed by atoms with van der Waals surface area (Å²) in [4.78, 5) is 20.3. The third-order valence-corrected chi connectivity index (χ3v) is 3.77. The molecule has 1 aromatic carbocycles. The van der Waals surface area contributed by atoms with E-state index >= 15 is 0 Å². The number of carbonyl (C=O) groups is 1. The zero-order valence-corrected chi connectivity index (χ0v) is 15.5. The molecule has 2 aromatic rings. The summed E-state index contributed by atoms with van der Waals surface area (Å²) in [6.45, 7) is 3.37. The van der Waals surface area contributed by atoms with E-state index in [-0.39, 0.29) is 5.91 Å². The van der Waals surface area contributed by atoms with Gasteiger partial charge in [0.05, 0.1) is 0 Å². The molecule has 0 aliphatic heterocycles. The maximum atomic E-state index is 11.7. The fraction of sp³-hybridized carbons (Fsp3) is 0.350. The number of anilines is 1. The number of aromatic nitrogens is 1. The molecule has 0 atom stereocenters. The summed E-state index contributed by atoms with van der Waals surface area (Å²) in [5.41, 5.74) is 2.94. The zero-order chi connectivity index (χ0) is 18.6. The van der Waals surface area contributed by atoms with Crippen LogP contribution in [-0.4, -0.2) is 30.4 Å². The number of hydrogen-bond donors (Lipinski definition) is 3. The SMILES string of the molecule is CCCC(=O)Nc1cccc(CNC(=NC)NCCc2ccccn2)c1. The van der Waals surface area contributed by atoms with Crippen molar-refractivity contribution >= 4 is 17.6 Å². The molecule has 3 N–H and O–H groups in total. The van der Waals surface area contributed by atoms with E-state index in [0.29, 0.717) is 13.0 Å². The van der Waals surface area contributed by atoms with Crippen molar-refractivity contribution in [3.8, 4) is 0 Å². The summed E-state index contributed by atoms with van der Waals surface area (Å²) in [6, 6.07) is 13.7. The van der Waals surface area contributed by atoms with Crippen LogP contribution < -0.4 is 16.0 Å². The highest BCUT2D eigenvalue weighted by molar-refractivity contribution is 5.90. The number of amides is 1. The number of benzene rings is 1. The van der Waals surface area contributed by atoms with Gasteiger partial charge in [0.15, 0.2) is 5.96 Å². The second-order valence-electron chi connectivity index (χ2n) is 5.92. The number of rotatable bonds is 8. The van der Waals surface area contributed by atoms with Crippen molar-refractivity contribution < 1.29 is 4.79 Å². The average Bonchev–Trinajstić information content (AvgIpc) is 2.66. The first-order chi connectivity index (χ1) is 12.7. The summed E-state index contributed by atoms with van der Waals surface area (Å²) >= 11 is 0. The molecule has 6 nitrogen and oxygen atoms in total. The van der Waals surface area contributed by atoms with Crippen molar-refractivity contribution in [3.63, 3.8) is 0 Å². The van der Waals surface area contributed by atoms with Gasteiger partial charge in [-0.05, 0) is 36.2 Å². The minimum Gasteiger partial charge on any atom is -0.356 e. The van der Waals surface area contributed by atoms with Crippen molar-refractivity contribution in [1.29, 1.82) is 0 Å². The predicted octanol–water partition coefficient (Wildman–Crippen LogP) is 2.73. The Labute approximate surface area is 155 Å². The van der Waals surface area contributed by atoms with Gasteiger partial charge in [-0.25, -0.2) is 0 Å². The molecule has 0 saturated carbocycles. The zero-order valence-electron chi connectivity index (χ0n) is 15.5. The van der Waals surface area contributed by atoms with Crippen molar-refractivity contribution in [1.82, 2.24) is 15.6 Å². The van der Waals surface area contributed by atoms with Crippen LogP contribution >= 0.6 is 0 Å². The summed E-state index contributed by atoms with van der Waals surface area (Å²) in [5.74, 6) is 0.783. The Morgan fingerprint density at radius 3 is 2.77 bits per heavy atom. The number of pyridine rings is 1. The van der Waals surface area contributed by atoms with Gasteiger partial charge in [-0.15, -0.1) is 0 Å². The largest absolute Gasteiger partial charge is 0.356 e. The Balaban J connectivity index is 1.79. The fourth-order valence-corrected chi connectivity index (χ4v) is 2.47. The van der Waals surface area contributed by atoms with Crippen LogP contribution in [0.25, 0.3) is 0 Å². The Morgan fingerprint density at radius 2 is 2.04 bits per heavy atom. The molecule has 0 aliphatic carbocycles. The van der Waals surface area contributed by atoms with E-state index in [0.717, 1.165) is 42.3 Å². The molecule has 1 heterocycles. The highest BCUT2D eigenvalue weighted by Gasteiger charge is 2.03. The molecule has 0 spiro atoms. The molecule has 26 heavy (non-hydrogen) atoms. The van der Waals surface area contributed by atoms with Crippen molar-refractivity contribution in [3.05, 3.63) is 59.9 Å². The standard InChI is InChI=1S/C20H27N5O/c1-3-7-19(26)25-18-10-6-8-16(14-18)15-24-20(21-2)23-13-11-17-9-4-5-12-22-17/h4-6,8-10,12,14H,3,7,11,13,15H2,1-2H3,(H,25,26)(H2,21,23,24). The van der Waals surface area contributed by atoms with E-state index in [9.17, 15) is 4.79 Å². The first-order valence-corrected chi connectivity index (χ1v) is 8.94. The second-order valence-corrected chi connectivity index (χ2v) is 5.92. The monoisotopic (exact) mass is 353 g/mol. The quantitative estimate of drug-likeness (QED) is 0.504. The summed E-state index contributed by atoms with van der Waals surface area (Å²) in [5, 5.41) is 9.48. The lowest BCUT2D eigenvalue weighted by molar-refractivity contribution is -0.116. The first kappa shape index (κ1) is 19.4. The lowest BCUT2D eigenvalue weighted by Crippen LogP contribution is -2.37. The van der Waals surface area contributed by atoms with E-state index in [4.69, 9.17) is 0 Å². The summed E-state index contributed by atoms with van der Waals surface area (Å²) in [6.07, 6.45) is 4.01. The molecule has 0 saturated heterocycles. The smallest absolute Gasteiger partial charge is 0.224 e. The number of hydrogen-bond acceptors (Lipinski definition) is 3. The van der Waals surface area contributed by atoms with Gasteiger partial charge in [0.25, 0.3) is 0 Å². The Kier molecular flexibility index (Phi) is 8.12. The van der Waals surface area contributed by atoms with Crippen LogP contribution in [0, 0.1) is 0 Å². The highest BCUT2D eigenvalue weighted by Crippen LogP contribution is 2.11. The van der Waals surface area contributed by atoms with E-state index in [1.165, 1.54) is 0 Å². The summed E-state index contributed by atoms with van der Waals surface area (Å²) < 4.78 is 0. The van der Waals surface area contributed by atoms with Gasteiger partial charge >= 0.3 is 0 Å². The minimum absolute atomic E-state index is 0.0459. The van der Waals surface area contributed by atoms with Crippen LogP contribution in [0.3, 0.4) is 0 Å². The number of guanidine groups is 1. The van der Waals surface area contributed by atoms with E-state index in [1.54, 1.807) is 13.2 Å². The van der Waals surface area contributed by atoms with Gasteiger partial charge in [0, 0.05) is 50.6 Å². The molecule has 1 amide bonds. The topological polar surface area (TPSA) is 78.4 Å². The van der Waals surface area contributed by atoms with Gasteiger partial charge in [-0.2, -0.15) is 0 Å². The Morgan fingerprint density at radius 1 is 1.15 bits per heavy atom. The van der Waals surface area contributed by atoms with E-state index in [2.05, 4.69) is 25.9 Å². The maximum Gasteiger partial charge on any atom is 0.224 e. The molecule has 6 heteroatoms. The molecular formula is C20H27N5O. The molecular weight excluding hydrogens is 326 g/mol. The first-order valence-electron chi connectivity index (χ1n) is 8.94. The molecule has 0 unspecified atom stereocenters. The molecule has 0 fully saturated rings. The van der Waals surface area contributed by atoms with Gasteiger partial charge in [0.1, 0.15) is 0 Å². The van der Waals surface area contributed by atoms with Crippen LogP contribution in [0.5, 0.6) is 0 Å². The molecule has 1 aromatic heterocycles. The third kappa shape index (κ3) is 6.93. The van der Waals surface area contributed by atoms with Crippen LogP contribution in [-0.2, 0) is 17.8 Å². The number of nitrogens with zero attached hydrogens (tertiary/aromatic N) is 2. The third-order valence-electron chi connectivity index (χ3n) is 3.77. The van der Waals surface area contributed by atoms with Gasteiger partial charge < -0.3 is 16.0 Å². The number of nitrogens with one attached hydrogen (secondary N) is 3. The van der Waals surface area contributed by atoms with Crippen LogP contribution in [0.15, 0.2) is 53.7 Å². The molecule has 138 valence electrons. The number of aliphatic imine (C=N–C) groups is 1. The van der Waals surface area contributed by atoms with E-state index in [1.807, 2.05) is 49.4 Å². The lowest BCUT2D eigenvalue weighted by Gasteiger charge is -2.12. The van der Waals surface area contributed by atoms with Crippen molar-refractivity contribution in [2.24, 2.45) is 4.99 Å². The Hall–Kier alpha value is -2.89. The molecule has 2 rings (SSSR count). The normalized spacial score (nSPS) is 11.1. The summed E-state index contributed by atoms with van der Waals surface area (Å²) in [7, 11) is 1.75. The van der Waals surface area contributed by atoms with Crippen molar-refractivity contribution in [2.45, 2.75) is 32.7 Å². The molecule has 0 bridgehead atoms. The average molecular weight is 353 g/mol. The van der Waals surface area contributed by atoms with Gasteiger partial charge in [-0.3, -0.25) is 14.8 Å². The lowest BCUT2D eigenvalue weighted by atomic mass is 10.2. The minimum atomic E-state index is 0.0459. The van der Waals surface area contributed by atoms with Gasteiger partial charge in [-0.1, -0.05) is 25.1 Å².